The molecular formula is C44H38N4. The molecule has 0 unspecified atom stereocenters. The summed E-state index contributed by atoms with van der Waals surface area (Å²) in [6, 6.07) is 65.1. The largest absolute Gasteiger partial charge is 0.350 e. The summed E-state index contributed by atoms with van der Waals surface area (Å²) in [7, 11) is 0. The van der Waals surface area contributed by atoms with Crippen LogP contribution in [-0.2, 0) is 0 Å². The van der Waals surface area contributed by atoms with Crippen molar-refractivity contribution in [3.63, 3.8) is 0 Å². The van der Waals surface area contributed by atoms with Crippen molar-refractivity contribution in [1.29, 1.82) is 0 Å². The molecule has 0 amide bonds. The van der Waals surface area contributed by atoms with E-state index in [2.05, 4.69) is 202 Å². The Hall–Kier alpha value is -6.00. The van der Waals surface area contributed by atoms with Crippen molar-refractivity contribution in [3.05, 3.63) is 204 Å². The van der Waals surface area contributed by atoms with Crippen molar-refractivity contribution in [1.82, 2.24) is 9.80 Å². The topological polar surface area (TPSA) is 13.0 Å². The fourth-order valence-electron chi connectivity index (χ4n) is 7.03. The summed E-state index contributed by atoms with van der Waals surface area (Å²) >= 11 is 0. The summed E-state index contributed by atoms with van der Waals surface area (Å²) in [5, 5.41) is 0. The Kier molecular flexibility index (Phi) is 8.20. The molecule has 6 aromatic carbocycles. The first-order valence-electron chi connectivity index (χ1n) is 16.7. The van der Waals surface area contributed by atoms with Crippen LogP contribution in [0.15, 0.2) is 182 Å². The number of para-hydroxylation sites is 2. The van der Waals surface area contributed by atoms with Gasteiger partial charge in [-0.2, -0.15) is 0 Å². The third-order valence-electron chi connectivity index (χ3n) is 9.21. The van der Waals surface area contributed by atoms with Crippen LogP contribution in [0.4, 0.5) is 11.4 Å². The molecular weight excluding hydrogens is 585 g/mol. The van der Waals surface area contributed by atoms with E-state index in [9.17, 15) is 0 Å². The Labute approximate surface area is 283 Å². The standard InChI is InChI=1S/C44H38N4/c1-7-19-35(20-8-1)41-43(37-23-11-3-12-24-37)47(39-27-15-5-16-28-39)33-45(41)31-32-46-34-48(40-29-17-6-18-30-40)44(38-25-13-4-14-26-38)42(46)36-21-9-2-10-22-36/h1-30H,31-34H2. The first-order chi connectivity index (χ1) is 23.8. The van der Waals surface area contributed by atoms with Gasteiger partial charge in [-0.05, 0) is 24.3 Å². The van der Waals surface area contributed by atoms with Gasteiger partial charge >= 0.3 is 0 Å². The Morgan fingerprint density at radius 1 is 0.292 bits per heavy atom. The van der Waals surface area contributed by atoms with Crippen molar-refractivity contribution in [2.75, 3.05) is 36.2 Å². The molecule has 2 aliphatic heterocycles. The zero-order chi connectivity index (χ0) is 32.1. The van der Waals surface area contributed by atoms with Gasteiger partial charge in [0.05, 0.1) is 36.1 Å². The second-order valence-electron chi connectivity index (χ2n) is 12.2. The van der Waals surface area contributed by atoms with E-state index in [1.807, 2.05) is 0 Å². The van der Waals surface area contributed by atoms with Gasteiger partial charge in [0.25, 0.3) is 0 Å². The second kappa shape index (κ2) is 13.4. The maximum Gasteiger partial charge on any atom is 0.0954 e. The average molecular weight is 623 g/mol. The Bertz CT molecular complexity index is 1860. The number of nitrogens with zero attached hydrogens (tertiary/aromatic N) is 4. The molecule has 234 valence electrons. The van der Waals surface area contributed by atoms with Crippen LogP contribution in [0, 0.1) is 0 Å². The Morgan fingerprint density at radius 2 is 0.542 bits per heavy atom. The second-order valence-corrected chi connectivity index (χ2v) is 12.2. The molecule has 6 aromatic rings. The molecule has 0 aromatic heterocycles. The highest BCUT2D eigenvalue weighted by Crippen LogP contribution is 2.43. The lowest BCUT2D eigenvalue weighted by molar-refractivity contribution is 0.341. The van der Waals surface area contributed by atoms with Gasteiger partial charge < -0.3 is 19.6 Å². The fourth-order valence-corrected chi connectivity index (χ4v) is 7.03. The van der Waals surface area contributed by atoms with Crippen molar-refractivity contribution < 1.29 is 0 Å². The molecule has 0 atom stereocenters. The number of hydrogen-bond acceptors (Lipinski definition) is 4. The number of hydrogen-bond donors (Lipinski definition) is 0. The van der Waals surface area contributed by atoms with Crippen LogP contribution in [0.1, 0.15) is 22.3 Å². The first kappa shape index (κ1) is 29.4. The van der Waals surface area contributed by atoms with E-state index in [-0.39, 0.29) is 0 Å². The van der Waals surface area contributed by atoms with E-state index in [1.54, 1.807) is 0 Å². The van der Waals surface area contributed by atoms with Gasteiger partial charge in [0.1, 0.15) is 0 Å². The number of benzene rings is 6. The van der Waals surface area contributed by atoms with Crippen molar-refractivity contribution in [2.45, 2.75) is 0 Å². The quantitative estimate of drug-likeness (QED) is 0.159. The first-order valence-corrected chi connectivity index (χ1v) is 16.7. The van der Waals surface area contributed by atoms with Crippen LogP contribution in [-0.4, -0.2) is 36.2 Å². The van der Waals surface area contributed by atoms with Gasteiger partial charge in [-0.15, -0.1) is 0 Å². The molecule has 0 bridgehead atoms. The lowest BCUT2D eigenvalue weighted by Crippen LogP contribution is -2.36. The Morgan fingerprint density at radius 3 is 0.833 bits per heavy atom. The minimum absolute atomic E-state index is 0.768. The fraction of sp³-hybridized carbons (Fsp3) is 0.0909. The van der Waals surface area contributed by atoms with Crippen LogP contribution in [0.25, 0.3) is 22.8 Å². The summed E-state index contributed by atoms with van der Waals surface area (Å²) in [4.78, 5) is 10.1. The van der Waals surface area contributed by atoms with Crippen LogP contribution >= 0.6 is 0 Å². The molecule has 0 saturated carbocycles. The van der Waals surface area contributed by atoms with Crippen LogP contribution in [0.3, 0.4) is 0 Å². The highest BCUT2D eigenvalue weighted by atomic mass is 15.4. The minimum Gasteiger partial charge on any atom is -0.350 e. The third kappa shape index (κ3) is 5.73. The lowest BCUT2D eigenvalue weighted by Gasteiger charge is -2.29. The highest BCUT2D eigenvalue weighted by molar-refractivity contribution is 6.00. The van der Waals surface area contributed by atoms with Crippen LogP contribution in [0.5, 0.6) is 0 Å². The predicted octanol–water partition coefficient (Wildman–Crippen LogP) is 9.60. The van der Waals surface area contributed by atoms with E-state index in [0.29, 0.717) is 0 Å². The number of anilines is 2. The van der Waals surface area contributed by atoms with E-state index >= 15 is 0 Å². The molecule has 0 fully saturated rings. The summed E-state index contributed by atoms with van der Waals surface area (Å²) < 4.78 is 0. The summed E-state index contributed by atoms with van der Waals surface area (Å²) in [6.07, 6.45) is 0. The van der Waals surface area contributed by atoms with Gasteiger partial charge in [-0.25, -0.2) is 0 Å². The normalized spacial score (nSPS) is 14.8. The van der Waals surface area contributed by atoms with E-state index < -0.39 is 0 Å². The highest BCUT2D eigenvalue weighted by Gasteiger charge is 2.35. The van der Waals surface area contributed by atoms with Crippen molar-refractivity contribution in [2.24, 2.45) is 0 Å². The molecule has 0 aliphatic carbocycles. The van der Waals surface area contributed by atoms with E-state index in [0.717, 1.165) is 26.4 Å². The molecule has 4 nitrogen and oxygen atoms in total. The molecule has 2 aliphatic rings. The maximum atomic E-state index is 2.57. The van der Waals surface area contributed by atoms with E-state index in [1.165, 1.54) is 56.4 Å². The Balaban J connectivity index is 1.22. The van der Waals surface area contributed by atoms with E-state index in [4.69, 9.17) is 0 Å². The molecule has 0 spiro atoms. The number of rotatable bonds is 9. The van der Waals surface area contributed by atoms with Crippen molar-refractivity contribution >= 4 is 34.2 Å². The summed E-state index contributed by atoms with van der Waals surface area (Å²) in [6.45, 7) is 3.24. The molecule has 48 heavy (non-hydrogen) atoms. The van der Waals surface area contributed by atoms with Crippen LogP contribution < -0.4 is 9.80 Å². The van der Waals surface area contributed by atoms with Gasteiger partial charge in [-0.1, -0.05) is 158 Å². The average Bonchev–Trinajstić information content (AvgIpc) is 3.75. The van der Waals surface area contributed by atoms with Crippen molar-refractivity contribution in [3.8, 4) is 0 Å². The zero-order valence-corrected chi connectivity index (χ0v) is 26.9. The molecule has 2 heterocycles. The van der Waals surface area contributed by atoms with Gasteiger partial charge in [0, 0.05) is 46.7 Å². The molecule has 0 radical (unpaired) electrons. The molecule has 0 saturated heterocycles. The monoisotopic (exact) mass is 622 g/mol. The molecule has 0 N–H and O–H groups in total. The predicted molar refractivity (Wildman–Crippen MR) is 200 cm³/mol. The molecule has 8 rings (SSSR count). The van der Waals surface area contributed by atoms with Gasteiger partial charge in [0.2, 0.25) is 0 Å². The summed E-state index contributed by atoms with van der Waals surface area (Å²) in [5.74, 6) is 0. The summed E-state index contributed by atoms with van der Waals surface area (Å²) in [5.41, 5.74) is 12.3. The smallest absolute Gasteiger partial charge is 0.0954 e. The minimum atomic E-state index is 0.768. The SMILES string of the molecule is c1ccc(C2=C(c3ccccc3)N(c3ccccc3)CN2CCN2CN(c3ccccc3)C(c3ccccc3)=C2c2ccccc2)cc1. The third-order valence-corrected chi connectivity index (χ3v) is 9.21. The lowest BCUT2D eigenvalue weighted by atomic mass is 10.0. The zero-order valence-electron chi connectivity index (χ0n) is 26.9. The maximum absolute atomic E-state index is 2.57. The molecule has 4 heteroatoms. The van der Waals surface area contributed by atoms with Gasteiger partial charge in [-0.3, -0.25) is 0 Å². The van der Waals surface area contributed by atoms with Crippen LogP contribution in [0.2, 0.25) is 0 Å². The van der Waals surface area contributed by atoms with Gasteiger partial charge in [0.15, 0.2) is 0 Å².